The molecule has 0 bridgehead atoms. The third-order valence-electron chi connectivity index (χ3n) is 3.17. The summed E-state index contributed by atoms with van der Waals surface area (Å²) < 4.78 is 10.0. The van der Waals surface area contributed by atoms with Gasteiger partial charge in [0.05, 0.1) is 7.11 Å². The smallest absolute Gasteiger partial charge is 0.374 e. The van der Waals surface area contributed by atoms with Gasteiger partial charge in [-0.3, -0.25) is 0 Å². The predicted octanol–water partition coefficient (Wildman–Crippen LogP) is 2.84. The molecule has 0 amide bonds. The first-order chi connectivity index (χ1) is 9.60. The zero-order chi connectivity index (χ0) is 14.3. The zero-order valence-corrected chi connectivity index (χ0v) is 10.9. The van der Waals surface area contributed by atoms with Gasteiger partial charge in [-0.15, -0.1) is 0 Å². The Bertz CT molecular complexity index is 801. The van der Waals surface area contributed by atoms with E-state index in [4.69, 9.17) is 14.4 Å². The molecular formula is C14H12N2O4. The Morgan fingerprint density at radius 3 is 2.85 bits per heavy atom. The van der Waals surface area contributed by atoms with Crippen LogP contribution in [0.2, 0.25) is 0 Å². The third-order valence-corrected chi connectivity index (χ3v) is 3.17. The predicted molar refractivity (Wildman–Crippen MR) is 72.0 cm³/mol. The van der Waals surface area contributed by atoms with Crippen LogP contribution in [0, 0.1) is 6.92 Å². The van der Waals surface area contributed by atoms with Crippen molar-refractivity contribution in [3.63, 3.8) is 0 Å². The third kappa shape index (κ3) is 1.82. The Morgan fingerprint density at radius 2 is 2.20 bits per heavy atom. The Hall–Kier alpha value is -2.76. The molecule has 102 valence electrons. The Kier molecular flexibility index (Phi) is 2.71. The average Bonchev–Trinajstić information content (AvgIpc) is 3.00. The van der Waals surface area contributed by atoms with Gasteiger partial charge in [-0.2, -0.15) is 0 Å². The summed E-state index contributed by atoms with van der Waals surface area (Å²) in [5.74, 6) is -0.602. The zero-order valence-electron chi connectivity index (χ0n) is 10.9. The maximum absolute atomic E-state index is 10.9. The lowest BCUT2D eigenvalue weighted by Crippen LogP contribution is -1.91. The second-order valence-electron chi connectivity index (χ2n) is 4.42. The van der Waals surface area contributed by atoms with Crippen molar-refractivity contribution < 1.29 is 19.2 Å². The van der Waals surface area contributed by atoms with E-state index in [-0.39, 0.29) is 5.76 Å². The van der Waals surface area contributed by atoms with Crippen LogP contribution in [0.15, 0.2) is 28.8 Å². The van der Waals surface area contributed by atoms with Crippen molar-refractivity contribution in [1.82, 2.24) is 10.1 Å². The molecule has 1 aromatic carbocycles. The van der Waals surface area contributed by atoms with E-state index in [1.165, 1.54) is 6.07 Å². The van der Waals surface area contributed by atoms with E-state index < -0.39 is 5.97 Å². The van der Waals surface area contributed by atoms with Gasteiger partial charge in [0.15, 0.2) is 0 Å². The number of aromatic amines is 1. The maximum atomic E-state index is 10.9. The Morgan fingerprint density at radius 1 is 1.40 bits per heavy atom. The van der Waals surface area contributed by atoms with Crippen molar-refractivity contribution in [3.8, 4) is 17.0 Å². The number of H-pyrrole nitrogens is 1. The SMILES string of the molecule is COc1ccc2[nH]c(C)c(-c3cc(C(=O)O)on3)c2c1. The van der Waals surface area contributed by atoms with Crippen LogP contribution in [-0.2, 0) is 0 Å². The van der Waals surface area contributed by atoms with Crippen molar-refractivity contribution >= 4 is 16.9 Å². The van der Waals surface area contributed by atoms with E-state index in [2.05, 4.69) is 10.1 Å². The molecule has 6 heteroatoms. The highest BCUT2D eigenvalue weighted by Gasteiger charge is 2.18. The summed E-state index contributed by atoms with van der Waals surface area (Å²) in [4.78, 5) is 14.1. The molecule has 0 radical (unpaired) electrons. The number of benzene rings is 1. The van der Waals surface area contributed by atoms with Gasteiger partial charge in [0.25, 0.3) is 0 Å². The lowest BCUT2D eigenvalue weighted by atomic mass is 10.1. The topological polar surface area (TPSA) is 88.4 Å². The first-order valence-electron chi connectivity index (χ1n) is 5.97. The largest absolute Gasteiger partial charge is 0.497 e. The Balaban J connectivity index is 2.22. The van der Waals surface area contributed by atoms with Gasteiger partial charge in [0.2, 0.25) is 5.76 Å². The molecule has 0 unspecified atom stereocenters. The van der Waals surface area contributed by atoms with Crippen molar-refractivity contribution in [2.75, 3.05) is 7.11 Å². The standard InChI is InChI=1S/C14H12N2O4/c1-7-13(11-6-12(14(17)18)20-16-11)9-5-8(19-2)3-4-10(9)15-7/h3-6,15H,1-2H3,(H,17,18). The molecule has 0 fully saturated rings. The highest BCUT2D eigenvalue weighted by Crippen LogP contribution is 2.33. The molecule has 0 aliphatic rings. The minimum absolute atomic E-state index is 0.184. The Labute approximate surface area is 114 Å². The summed E-state index contributed by atoms with van der Waals surface area (Å²) in [6.45, 7) is 1.90. The normalized spacial score (nSPS) is 10.9. The summed E-state index contributed by atoms with van der Waals surface area (Å²) in [5.41, 5.74) is 3.12. The minimum Gasteiger partial charge on any atom is -0.497 e. The molecule has 0 aliphatic carbocycles. The van der Waals surface area contributed by atoms with Crippen LogP contribution < -0.4 is 4.74 Å². The van der Waals surface area contributed by atoms with E-state index >= 15 is 0 Å². The van der Waals surface area contributed by atoms with Gasteiger partial charge in [0, 0.05) is 28.2 Å². The number of carboxylic acids is 1. The van der Waals surface area contributed by atoms with Gasteiger partial charge in [-0.05, 0) is 25.1 Å². The molecule has 2 N–H and O–H groups in total. The summed E-state index contributed by atoms with van der Waals surface area (Å²) >= 11 is 0. The number of aromatic nitrogens is 2. The second kappa shape index (κ2) is 4.41. The fourth-order valence-corrected chi connectivity index (χ4v) is 2.26. The number of fused-ring (bicyclic) bond motifs is 1. The number of carboxylic acid groups (broad SMARTS) is 1. The number of hydrogen-bond donors (Lipinski definition) is 2. The van der Waals surface area contributed by atoms with Crippen molar-refractivity contribution in [2.24, 2.45) is 0 Å². The van der Waals surface area contributed by atoms with E-state index in [0.29, 0.717) is 5.69 Å². The van der Waals surface area contributed by atoms with Gasteiger partial charge in [-0.1, -0.05) is 5.16 Å². The van der Waals surface area contributed by atoms with Crippen LogP contribution in [0.3, 0.4) is 0 Å². The molecule has 3 aromatic rings. The summed E-state index contributed by atoms with van der Waals surface area (Å²) in [6, 6.07) is 7.05. The molecule has 0 saturated heterocycles. The molecule has 2 aromatic heterocycles. The summed E-state index contributed by atoms with van der Waals surface area (Å²) in [6.07, 6.45) is 0. The van der Waals surface area contributed by atoms with Gasteiger partial charge < -0.3 is 19.4 Å². The minimum atomic E-state index is -1.14. The number of aromatic carboxylic acids is 1. The molecule has 3 rings (SSSR count). The highest BCUT2D eigenvalue weighted by atomic mass is 16.5. The van der Waals surface area contributed by atoms with Gasteiger partial charge in [-0.25, -0.2) is 4.79 Å². The first kappa shape index (κ1) is 12.3. The van der Waals surface area contributed by atoms with Gasteiger partial charge in [0.1, 0.15) is 11.4 Å². The van der Waals surface area contributed by atoms with Crippen LogP contribution in [0.4, 0.5) is 0 Å². The quantitative estimate of drug-likeness (QED) is 0.765. The van der Waals surface area contributed by atoms with Crippen molar-refractivity contribution in [3.05, 3.63) is 35.7 Å². The number of hydrogen-bond acceptors (Lipinski definition) is 4. The van der Waals surface area contributed by atoms with Crippen molar-refractivity contribution in [2.45, 2.75) is 6.92 Å². The lowest BCUT2D eigenvalue weighted by Gasteiger charge is -2.00. The number of aryl methyl sites for hydroxylation is 1. The van der Waals surface area contributed by atoms with E-state index in [1.54, 1.807) is 7.11 Å². The molecule has 6 nitrogen and oxygen atoms in total. The number of methoxy groups -OCH3 is 1. The molecule has 0 aliphatic heterocycles. The van der Waals surface area contributed by atoms with Crippen LogP contribution in [0.1, 0.15) is 16.2 Å². The highest BCUT2D eigenvalue weighted by molar-refractivity contribution is 5.98. The summed E-state index contributed by atoms with van der Waals surface area (Å²) in [7, 11) is 1.60. The average molecular weight is 272 g/mol. The molecule has 0 saturated carbocycles. The van der Waals surface area contributed by atoms with E-state index in [1.807, 2.05) is 25.1 Å². The van der Waals surface area contributed by atoms with Crippen molar-refractivity contribution in [1.29, 1.82) is 0 Å². The first-order valence-corrected chi connectivity index (χ1v) is 5.97. The van der Waals surface area contributed by atoms with E-state index in [0.717, 1.165) is 27.9 Å². The number of ether oxygens (including phenoxy) is 1. The van der Waals surface area contributed by atoms with Gasteiger partial charge >= 0.3 is 5.97 Å². The van der Waals surface area contributed by atoms with Crippen LogP contribution >= 0.6 is 0 Å². The number of carbonyl (C=O) groups is 1. The van der Waals surface area contributed by atoms with Crippen LogP contribution in [0.25, 0.3) is 22.2 Å². The monoisotopic (exact) mass is 272 g/mol. The fraction of sp³-hybridized carbons (Fsp3) is 0.143. The number of rotatable bonds is 3. The fourth-order valence-electron chi connectivity index (χ4n) is 2.26. The number of nitrogens with one attached hydrogen (secondary N) is 1. The lowest BCUT2D eigenvalue weighted by molar-refractivity contribution is 0.0652. The maximum Gasteiger partial charge on any atom is 0.374 e. The van der Waals surface area contributed by atoms with Crippen LogP contribution in [0.5, 0.6) is 5.75 Å². The molecule has 20 heavy (non-hydrogen) atoms. The molecule has 2 heterocycles. The second-order valence-corrected chi connectivity index (χ2v) is 4.42. The summed E-state index contributed by atoms with van der Waals surface area (Å²) in [5, 5.41) is 13.6. The molecule has 0 atom stereocenters. The number of nitrogens with zero attached hydrogens (tertiary/aromatic N) is 1. The van der Waals surface area contributed by atoms with E-state index in [9.17, 15) is 4.79 Å². The molecular weight excluding hydrogens is 260 g/mol. The van der Waals surface area contributed by atoms with Crippen LogP contribution in [-0.4, -0.2) is 28.3 Å². The molecule has 0 spiro atoms.